The maximum Gasteiger partial charge on any atom is 0.326 e. The smallest absolute Gasteiger partial charge is 0.326 e. The Labute approximate surface area is 217 Å². The van der Waals surface area contributed by atoms with Crippen molar-refractivity contribution in [1.82, 2.24) is 5.32 Å². The fourth-order valence-electron chi connectivity index (χ4n) is 8.05. The minimum absolute atomic E-state index is 0.0288. The molecule has 0 saturated heterocycles. The summed E-state index contributed by atoms with van der Waals surface area (Å²) in [5.41, 5.74) is 5.58. The molecule has 4 rings (SSSR count). The zero-order valence-electron chi connectivity index (χ0n) is 21.9. The number of carbonyl (C=O) groups excluding carboxylic acids is 3. The van der Waals surface area contributed by atoms with E-state index in [2.05, 4.69) is 30.4 Å². The molecule has 5 N–H and O–H groups in total. The summed E-state index contributed by atoms with van der Waals surface area (Å²) < 4.78 is 0. The number of amides is 2. The van der Waals surface area contributed by atoms with E-state index in [1.807, 2.05) is 0 Å². The lowest BCUT2D eigenvalue weighted by molar-refractivity contribution is -0.159. The van der Waals surface area contributed by atoms with Gasteiger partial charge in [0.2, 0.25) is 5.91 Å². The lowest BCUT2D eigenvalue weighted by atomic mass is 9.46. The van der Waals surface area contributed by atoms with Crippen molar-refractivity contribution in [3.05, 3.63) is 11.6 Å². The summed E-state index contributed by atoms with van der Waals surface area (Å²) in [7, 11) is 0. The van der Waals surface area contributed by atoms with Crippen molar-refractivity contribution in [3.8, 4) is 0 Å². The number of nitrogens with two attached hydrogens (primary N) is 1. The van der Waals surface area contributed by atoms with Crippen molar-refractivity contribution < 1.29 is 34.2 Å². The Morgan fingerprint density at radius 1 is 1.14 bits per heavy atom. The monoisotopic (exact) mass is 517 g/mol. The summed E-state index contributed by atoms with van der Waals surface area (Å²) in [6.45, 7) is 5.53. The molecule has 4 aliphatic rings. The van der Waals surface area contributed by atoms with E-state index in [1.165, 1.54) is 12.5 Å². The van der Waals surface area contributed by atoms with Crippen molar-refractivity contribution in [2.75, 3.05) is 6.61 Å². The Kier molecular flexibility index (Phi) is 7.27. The van der Waals surface area contributed by atoms with Crippen LogP contribution in [0.3, 0.4) is 0 Å². The van der Waals surface area contributed by atoms with Crippen LogP contribution in [0.25, 0.3) is 0 Å². The van der Waals surface area contributed by atoms with Crippen molar-refractivity contribution in [1.29, 1.82) is 0 Å². The van der Waals surface area contributed by atoms with E-state index < -0.39 is 42.5 Å². The highest BCUT2D eigenvalue weighted by Crippen LogP contribution is 2.67. The lowest BCUT2D eigenvalue weighted by Crippen LogP contribution is -2.57. The number of carbonyl (C=O) groups is 4. The molecule has 0 bridgehead atoms. The van der Waals surface area contributed by atoms with Crippen LogP contribution in [0.1, 0.15) is 78.6 Å². The van der Waals surface area contributed by atoms with Gasteiger partial charge in [-0.25, -0.2) is 4.79 Å². The number of rotatable bonds is 8. The normalized spacial score (nSPS) is 38.4. The first-order valence-corrected chi connectivity index (χ1v) is 13.3. The topological polar surface area (TPSA) is 168 Å². The predicted octanol–water partition coefficient (Wildman–Crippen LogP) is 2.09. The molecule has 3 saturated carbocycles. The zero-order valence-corrected chi connectivity index (χ0v) is 21.9. The number of nitrogens with zero attached hydrogens (tertiary/aromatic N) is 1. The Hall–Kier alpha value is -2.75. The van der Waals surface area contributed by atoms with Gasteiger partial charge in [-0.2, -0.15) is 0 Å². The maximum absolute atomic E-state index is 12.4. The standard InChI is InChI=1S/C27H39N3O7/c1-15(31)27(36)11-8-20-18-5-4-16-12-17(6-9-25(16,2)19(18)7-10-26(20,27)3)30-37-14-23(33)29-21(24(34)35)13-22(28)32/h12,18-21,36H,4-11,13-14H2,1-3H3,(H2,28,32)(H,29,33)(H,34,35)/t18-,19+,20+,21+,25+,26+,27+/m1/s1. The summed E-state index contributed by atoms with van der Waals surface area (Å²) in [6, 6.07) is -1.40. The van der Waals surface area contributed by atoms with Crippen LogP contribution in [0.2, 0.25) is 0 Å². The molecule has 2 amide bonds. The average molecular weight is 518 g/mol. The van der Waals surface area contributed by atoms with Crippen LogP contribution in [0.5, 0.6) is 0 Å². The van der Waals surface area contributed by atoms with Gasteiger partial charge in [0, 0.05) is 5.41 Å². The van der Waals surface area contributed by atoms with Gasteiger partial charge < -0.3 is 26.1 Å². The highest BCUT2D eigenvalue weighted by atomic mass is 16.6. The van der Waals surface area contributed by atoms with Crippen LogP contribution in [-0.4, -0.2) is 57.7 Å². The van der Waals surface area contributed by atoms with Crippen LogP contribution in [-0.2, 0) is 24.0 Å². The van der Waals surface area contributed by atoms with Gasteiger partial charge in [-0.05, 0) is 87.5 Å². The number of aliphatic carboxylic acids is 1. The van der Waals surface area contributed by atoms with Gasteiger partial charge in [-0.15, -0.1) is 0 Å². The number of fused-ring (bicyclic) bond motifs is 5. The van der Waals surface area contributed by atoms with E-state index in [9.17, 15) is 24.3 Å². The van der Waals surface area contributed by atoms with Gasteiger partial charge >= 0.3 is 5.97 Å². The SMILES string of the molecule is CC(=O)[C@@]1(O)CC[C@H]2[C@@H]3CCC4=CC(=NOCC(=O)N[C@@H](CC(N)=O)C(=O)O)CC[C@]4(C)[C@H]3CC[C@@]21C. The molecule has 10 heteroatoms. The van der Waals surface area contributed by atoms with Gasteiger partial charge in [0.05, 0.1) is 12.1 Å². The highest BCUT2D eigenvalue weighted by molar-refractivity contribution is 5.96. The summed E-state index contributed by atoms with van der Waals surface area (Å²) in [6.07, 6.45) is 8.43. The minimum Gasteiger partial charge on any atom is -0.480 e. The number of hydrogen-bond donors (Lipinski definition) is 4. The average Bonchev–Trinajstić information content (AvgIpc) is 3.10. The molecular weight excluding hydrogens is 478 g/mol. The second kappa shape index (κ2) is 9.85. The molecule has 7 atom stereocenters. The highest BCUT2D eigenvalue weighted by Gasteiger charge is 2.65. The molecule has 0 spiro atoms. The van der Waals surface area contributed by atoms with Crippen molar-refractivity contribution in [2.24, 2.45) is 39.5 Å². The molecule has 3 fully saturated rings. The molecule has 0 aromatic rings. The molecule has 4 aliphatic carbocycles. The first-order valence-electron chi connectivity index (χ1n) is 13.3. The first-order chi connectivity index (χ1) is 17.3. The molecule has 10 nitrogen and oxygen atoms in total. The number of oxime groups is 1. The Balaban J connectivity index is 1.40. The molecule has 0 aromatic carbocycles. The van der Waals surface area contributed by atoms with Crippen LogP contribution in [0.4, 0.5) is 0 Å². The molecule has 0 unspecified atom stereocenters. The Morgan fingerprint density at radius 3 is 2.49 bits per heavy atom. The molecular formula is C27H39N3O7. The number of Topliss-reactive ketones (excluding diaryl/α,β-unsaturated/α-hetero) is 1. The summed E-state index contributed by atoms with van der Waals surface area (Å²) >= 11 is 0. The van der Waals surface area contributed by atoms with Gasteiger partial charge in [0.25, 0.3) is 5.91 Å². The third-order valence-electron chi connectivity index (χ3n) is 10.1. The lowest BCUT2D eigenvalue weighted by Gasteiger charge is -2.59. The van der Waals surface area contributed by atoms with E-state index in [0.717, 1.165) is 44.2 Å². The van der Waals surface area contributed by atoms with Crippen molar-refractivity contribution >= 4 is 29.3 Å². The molecule has 0 radical (unpaired) electrons. The van der Waals surface area contributed by atoms with Gasteiger partial charge in [-0.3, -0.25) is 14.4 Å². The number of nitrogens with one attached hydrogen (secondary N) is 1. The van der Waals surface area contributed by atoms with E-state index in [-0.39, 0.29) is 16.6 Å². The van der Waals surface area contributed by atoms with E-state index in [4.69, 9.17) is 15.7 Å². The number of ketones is 1. The number of aliphatic hydroxyl groups is 1. The summed E-state index contributed by atoms with van der Waals surface area (Å²) in [5.74, 6) is -1.65. The summed E-state index contributed by atoms with van der Waals surface area (Å²) in [4.78, 5) is 51.8. The van der Waals surface area contributed by atoms with Gasteiger partial charge in [-0.1, -0.05) is 24.6 Å². The van der Waals surface area contributed by atoms with Crippen LogP contribution in [0, 0.1) is 28.6 Å². The molecule has 204 valence electrons. The van der Waals surface area contributed by atoms with E-state index in [1.54, 1.807) is 0 Å². The zero-order chi connectivity index (χ0) is 27.2. The number of carboxylic acid groups (broad SMARTS) is 1. The Morgan fingerprint density at radius 2 is 1.84 bits per heavy atom. The predicted molar refractivity (Wildman–Crippen MR) is 134 cm³/mol. The van der Waals surface area contributed by atoms with E-state index in [0.29, 0.717) is 30.6 Å². The molecule has 0 aliphatic heterocycles. The number of carboxylic acids is 1. The Bertz CT molecular complexity index is 1050. The number of allylic oxidation sites excluding steroid dienone is 2. The largest absolute Gasteiger partial charge is 0.480 e. The van der Waals surface area contributed by atoms with Crippen molar-refractivity contribution in [3.63, 3.8) is 0 Å². The third kappa shape index (κ3) is 4.69. The number of primary amides is 1. The van der Waals surface area contributed by atoms with Crippen LogP contribution < -0.4 is 11.1 Å². The second-order valence-corrected chi connectivity index (χ2v) is 11.9. The molecule has 37 heavy (non-hydrogen) atoms. The van der Waals surface area contributed by atoms with Crippen LogP contribution >= 0.6 is 0 Å². The third-order valence-corrected chi connectivity index (χ3v) is 10.1. The fourth-order valence-corrected chi connectivity index (χ4v) is 8.05. The van der Waals surface area contributed by atoms with Gasteiger partial charge in [0.15, 0.2) is 12.4 Å². The fraction of sp³-hybridized carbons (Fsp3) is 0.741. The quantitative estimate of drug-likeness (QED) is 0.357. The van der Waals surface area contributed by atoms with Gasteiger partial charge in [0.1, 0.15) is 11.6 Å². The summed E-state index contributed by atoms with van der Waals surface area (Å²) in [5, 5.41) is 26.8. The second-order valence-electron chi connectivity index (χ2n) is 11.9. The molecule has 0 heterocycles. The molecule has 0 aromatic heterocycles. The van der Waals surface area contributed by atoms with Crippen molar-refractivity contribution in [2.45, 2.75) is 90.2 Å². The van der Waals surface area contributed by atoms with E-state index >= 15 is 0 Å². The first kappa shape index (κ1) is 27.3. The maximum atomic E-state index is 12.4. The van der Waals surface area contributed by atoms with Crippen LogP contribution in [0.15, 0.2) is 16.8 Å². The minimum atomic E-state index is -1.40. The number of hydrogen-bond acceptors (Lipinski definition) is 7.